The Morgan fingerprint density at radius 3 is 1.62 bits per heavy atom. The monoisotopic (exact) mass is 494 g/mol. The molecule has 0 saturated heterocycles. The van der Waals surface area contributed by atoms with Gasteiger partial charge in [-0.25, -0.2) is 9.97 Å². The van der Waals surface area contributed by atoms with Crippen LogP contribution in [-0.4, -0.2) is 9.97 Å². The predicted octanol–water partition coefficient (Wildman–Crippen LogP) is 9.46. The second-order valence-electron chi connectivity index (χ2n) is 8.83. The lowest BCUT2D eigenvalue weighted by Gasteiger charge is -2.13. The number of rotatable bonds is 5. The van der Waals surface area contributed by atoms with Crippen molar-refractivity contribution in [2.75, 3.05) is 0 Å². The first-order valence-electron chi connectivity index (χ1n) is 12.2. The Labute approximate surface area is 221 Å². The second kappa shape index (κ2) is 10.2. The molecule has 0 bridgehead atoms. The minimum atomic E-state index is 0.695. The van der Waals surface area contributed by atoms with Crippen LogP contribution in [0.25, 0.3) is 56.2 Å². The van der Waals surface area contributed by atoms with Gasteiger partial charge in [0.15, 0.2) is 5.82 Å². The van der Waals surface area contributed by atoms with Crippen LogP contribution in [0.1, 0.15) is 0 Å². The maximum absolute atomic E-state index is 6.34. The van der Waals surface area contributed by atoms with Crippen LogP contribution in [0.5, 0.6) is 0 Å². The zero-order valence-electron chi connectivity index (χ0n) is 20.1. The summed E-state index contributed by atoms with van der Waals surface area (Å²) in [5.74, 6) is 0.695. The minimum Gasteiger partial charge on any atom is -0.228 e. The maximum Gasteiger partial charge on any atom is 0.160 e. The summed E-state index contributed by atoms with van der Waals surface area (Å²) in [4.78, 5) is 10.0. The summed E-state index contributed by atoms with van der Waals surface area (Å²) in [6.45, 7) is 0. The van der Waals surface area contributed by atoms with Crippen molar-refractivity contribution in [3.8, 4) is 56.2 Å². The Bertz CT molecular complexity index is 1660. The number of aromatic nitrogens is 2. The molecule has 0 N–H and O–H groups in total. The van der Waals surface area contributed by atoms with Crippen molar-refractivity contribution >= 4 is 11.6 Å². The average molecular weight is 495 g/mol. The van der Waals surface area contributed by atoms with E-state index in [0.29, 0.717) is 10.8 Å². The molecule has 1 aromatic heterocycles. The van der Waals surface area contributed by atoms with Crippen LogP contribution < -0.4 is 0 Å². The summed E-state index contributed by atoms with van der Waals surface area (Å²) >= 11 is 6.34. The van der Waals surface area contributed by atoms with Gasteiger partial charge in [-0.2, -0.15) is 0 Å². The van der Waals surface area contributed by atoms with Gasteiger partial charge in [-0.05, 0) is 40.5 Å². The molecular weight excluding hydrogens is 472 g/mol. The normalized spacial score (nSPS) is 10.8. The number of nitrogens with zero attached hydrogens (tertiary/aromatic N) is 2. The van der Waals surface area contributed by atoms with Gasteiger partial charge in [0.05, 0.1) is 11.4 Å². The van der Waals surface area contributed by atoms with Gasteiger partial charge in [0.25, 0.3) is 0 Å². The highest BCUT2D eigenvalue weighted by Gasteiger charge is 2.14. The molecule has 6 rings (SSSR count). The first-order chi connectivity index (χ1) is 18.2. The van der Waals surface area contributed by atoms with E-state index in [9.17, 15) is 0 Å². The molecule has 6 aromatic rings. The van der Waals surface area contributed by atoms with Crippen LogP contribution in [0.3, 0.4) is 0 Å². The van der Waals surface area contributed by atoms with Crippen molar-refractivity contribution in [3.05, 3.63) is 145 Å². The molecule has 2 nitrogen and oxygen atoms in total. The highest BCUT2D eigenvalue weighted by atomic mass is 35.5. The van der Waals surface area contributed by atoms with Crippen molar-refractivity contribution in [3.63, 3.8) is 0 Å². The van der Waals surface area contributed by atoms with Gasteiger partial charge < -0.3 is 0 Å². The van der Waals surface area contributed by atoms with Crippen LogP contribution in [0.15, 0.2) is 140 Å². The topological polar surface area (TPSA) is 25.8 Å². The van der Waals surface area contributed by atoms with Crippen molar-refractivity contribution in [2.45, 2.75) is 0 Å². The minimum absolute atomic E-state index is 0.695. The lowest BCUT2D eigenvalue weighted by atomic mass is 9.96. The van der Waals surface area contributed by atoms with E-state index in [0.717, 1.165) is 39.2 Å². The van der Waals surface area contributed by atoms with Crippen LogP contribution in [0.2, 0.25) is 5.02 Å². The third kappa shape index (κ3) is 4.93. The summed E-state index contributed by atoms with van der Waals surface area (Å²) in [5, 5.41) is 0.708. The van der Waals surface area contributed by atoms with E-state index in [4.69, 9.17) is 21.6 Å². The molecule has 0 aliphatic carbocycles. The van der Waals surface area contributed by atoms with Gasteiger partial charge in [-0.1, -0.05) is 133 Å². The lowest BCUT2D eigenvalue weighted by molar-refractivity contribution is 1.18. The smallest absolute Gasteiger partial charge is 0.160 e. The van der Waals surface area contributed by atoms with E-state index in [1.165, 1.54) is 11.1 Å². The van der Waals surface area contributed by atoms with E-state index in [-0.39, 0.29) is 0 Å². The zero-order valence-corrected chi connectivity index (χ0v) is 20.8. The molecule has 0 unspecified atom stereocenters. The van der Waals surface area contributed by atoms with E-state index in [1.807, 2.05) is 66.7 Å². The highest BCUT2D eigenvalue weighted by Crippen LogP contribution is 2.35. The SMILES string of the molecule is Clc1cccc(-c2ccccc2-c2cc(-c3ccc(-c4ccccc4)cc3)nc(-c3ccccc3)n2)c1. The summed E-state index contributed by atoms with van der Waals surface area (Å²) in [5.41, 5.74) is 9.30. The van der Waals surface area contributed by atoms with Crippen LogP contribution >= 0.6 is 11.6 Å². The Morgan fingerprint density at radius 2 is 0.919 bits per heavy atom. The first kappa shape index (κ1) is 22.9. The molecule has 0 aliphatic heterocycles. The molecule has 0 atom stereocenters. The van der Waals surface area contributed by atoms with Crippen molar-refractivity contribution < 1.29 is 0 Å². The van der Waals surface area contributed by atoms with E-state index < -0.39 is 0 Å². The Balaban J connectivity index is 1.50. The van der Waals surface area contributed by atoms with Crippen molar-refractivity contribution in [2.24, 2.45) is 0 Å². The molecule has 37 heavy (non-hydrogen) atoms. The molecule has 0 radical (unpaired) electrons. The number of halogens is 1. The molecule has 3 heteroatoms. The van der Waals surface area contributed by atoms with Gasteiger partial charge in [-0.15, -0.1) is 0 Å². The van der Waals surface area contributed by atoms with Crippen LogP contribution in [-0.2, 0) is 0 Å². The maximum atomic E-state index is 6.34. The van der Waals surface area contributed by atoms with Gasteiger partial charge in [0.2, 0.25) is 0 Å². The number of hydrogen-bond acceptors (Lipinski definition) is 2. The van der Waals surface area contributed by atoms with Gasteiger partial charge in [0, 0.05) is 21.7 Å². The second-order valence-corrected chi connectivity index (χ2v) is 9.26. The summed E-state index contributed by atoms with van der Waals surface area (Å²) < 4.78 is 0. The van der Waals surface area contributed by atoms with Crippen LogP contribution in [0, 0.1) is 0 Å². The molecule has 0 fully saturated rings. The molecular formula is C34H23ClN2. The molecule has 176 valence electrons. The summed E-state index contributed by atoms with van der Waals surface area (Å²) in [6, 6.07) is 47.4. The fourth-order valence-electron chi connectivity index (χ4n) is 4.53. The van der Waals surface area contributed by atoms with Gasteiger partial charge in [-0.3, -0.25) is 0 Å². The molecule has 5 aromatic carbocycles. The fraction of sp³-hybridized carbons (Fsp3) is 0. The Kier molecular flexibility index (Phi) is 6.33. The third-order valence-corrected chi connectivity index (χ3v) is 6.62. The van der Waals surface area contributed by atoms with Gasteiger partial charge in [0.1, 0.15) is 0 Å². The van der Waals surface area contributed by atoms with E-state index in [1.54, 1.807) is 0 Å². The van der Waals surface area contributed by atoms with Crippen molar-refractivity contribution in [1.29, 1.82) is 0 Å². The zero-order chi connectivity index (χ0) is 25.0. The van der Waals surface area contributed by atoms with Crippen LogP contribution in [0.4, 0.5) is 0 Å². The average Bonchev–Trinajstić information content (AvgIpc) is 2.98. The number of hydrogen-bond donors (Lipinski definition) is 0. The molecule has 0 spiro atoms. The lowest BCUT2D eigenvalue weighted by Crippen LogP contribution is -1.97. The van der Waals surface area contributed by atoms with Crippen molar-refractivity contribution in [1.82, 2.24) is 9.97 Å². The quantitative estimate of drug-likeness (QED) is 0.238. The molecule has 0 aliphatic rings. The van der Waals surface area contributed by atoms with E-state index in [2.05, 4.69) is 72.8 Å². The molecule has 0 amide bonds. The summed E-state index contributed by atoms with van der Waals surface area (Å²) in [6.07, 6.45) is 0. The fourth-order valence-corrected chi connectivity index (χ4v) is 4.72. The Hall–Kier alpha value is -4.53. The third-order valence-electron chi connectivity index (χ3n) is 6.38. The first-order valence-corrected chi connectivity index (χ1v) is 12.6. The molecule has 0 saturated carbocycles. The highest BCUT2D eigenvalue weighted by molar-refractivity contribution is 6.30. The predicted molar refractivity (Wildman–Crippen MR) is 154 cm³/mol. The van der Waals surface area contributed by atoms with Gasteiger partial charge >= 0.3 is 0 Å². The van der Waals surface area contributed by atoms with E-state index >= 15 is 0 Å². The largest absolute Gasteiger partial charge is 0.228 e. The number of benzene rings is 5. The molecule has 1 heterocycles. The summed E-state index contributed by atoms with van der Waals surface area (Å²) in [7, 11) is 0. The standard InChI is InChI=1S/C34H23ClN2/c35-29-15-9-14-28(22-29)30-16-7-8-17-31(30)33-23-32(36-34(37-33)27-12-5-2-6-13-27)26-20-18-25(19-21-26)24-10-3-1-4-11-24/h1-23H. The Morgan fingerprint density at radius 1 is 0.378 bits per heavy atom.